The molecule has 28 radical (unpaired) electrons. The Bertz CT molecular complexity index is 1440. The number of hydrogen-bond acceptors (Lipinski definition) is 6. The number of methoxy groups -OCH3 is 1. The lowest BCUT2D eigenvalue weighted by molar-refractivity contribution is -0.143. The zero-order valence-corrected chi connectivity index (χ0v) is 26.4. The Kier molecular flexibility index (Phi) is 9.30. The van der Waals surface area contributed by atoms with Gasteiger partial charge in [-0.15, -0.1) is 10.2 Å². The van der Waals surface area contributed by atoms with Gasteiger partial charge in [0.2, 0.25) is 5.91 Å². The van der Waals surface area contributed by atoms with Gasteiger partial charge in [0.1, 0.15) is 19.7 Å². The smallest absolute Gasteiger partial charge is 0.223 e. The van der Waals surface area contributed by atoms with Gasteiger partial charge in [-0.2, -0.15) is 5.26 Å². The van der Waals surface area contributed by atoms with Crippen LogP contribution in [0.15, 0.2) is 0 Å². The average molecular weight is 578 g/mol. The molecule has 2 aliphatic heterocycles. The number of anilines is 1. The van der Waals surface area contributed by atoms with Gasteiger partial charge in [-0.1, -0.05) is 5.31 Å². The van der Waals surface area contributed by atoms with Crippen molar-refractivity contribution in [1.29, 1.82) is 5.26 Å². The number of nitriles is 1. The number of pyridine rings is 1. The zero-order valence-electron chi connectivity index (χ0n) is 26.4. The predicted molar refractivity (Wildman–Crippen MR) is 189 cm³/mol. The van der Waals surface area contributed by atoms with Crippen molar-refractivity contribution in [2.45, 2.75) is 94.6 Å². The third kappa shape index (κ3) is 5.19. The molecule has 1 aromatic heterocycles. The minimum Gasteiger partial charge on any atom is -0.384 e. The van der Waals surface area contributed by atoms with Crippen molar-refractivity contribution in [1.82, 2.24) is 9.88 Å². The van der Waals surface area contributed by atoms with Crippen LogP contribution < -0.4 is 4.90 Å². The molecule has 202 valence electrons. The van der Waals surface area contributed by atoms with E-state index in [-0.39, 0.29) is 36.9 Å². The van der Waals surface area contributed by atoms with Crippen molar-refractivity contribution < 1.29 is 14.3 Å². The summed E-state index contributed by atoms with van der Waals surface area (Å²) in [6.07, 6.45) is 1.38. The molecular weight excluding hydrogens is 556 g/mol. The van der Waals surface area contributed by atoms with E-state index in [4.69, 9.17) is 124 Å². The van der Waals surface area contributed by atoms with Crippen LogP contribution in [0.2, 0.25) is 15.5 Å². The first-order valence-electron chi connectivity index (χ1n) is 14.5. The zero-order chi connectivity index (χ0) is 35.3. The van der Waals surface area contributed by atoms with Crippen molar-refractivity contribution in [3.8, 4) is 6.07 Å². The quantitative estimate of drug-likeness (QED) is 0.301. The molecule has 3 aliphatic rings. The molecule has 2 fully saturated rings. The highest BCUT2D eigenvalue weighted by molar-refractivity contribution is 6.71. The van der Waals surface area contributed by atoms with Gasteiger partial charge in [0.25, 0.3) is 0 Å². The SMILES string of the molecule is [B]C([B])([B])C([B])(C([B])([B])[B])C1([B])N(C(=O)CCOC)C([B])([B])C([B])([B])N(c2nc(C3CC3)c3c(c2C#N)CC(C)(C)OC3)C1([B])[B]. The second kappa shape index (κ2) is 11.4. The number of rotatable bonds is 8. The van der Waals surface area contributed by atoms with Gasteiger partial charge in [-0.3, -0.25) is 4.79 Å². The highest BCUT2D eigenvalue weighted by Gasteiger charge is 2.71. The molecule has 3 heterocycles. The Hall–Kier alpha value is -1.26. The van der Waals surface area contributed by atoms with E-state index in [1.165, 1.54) is 7.11 Å². The summed E-state index contributed by atoms with van der Waals surface area (Å²) >= 11 is 0. The average Bonchev–Trinajstić information content (AvgIpc) is 3.73. The van der Waals surface area contributed by atoms with Crippen molar-refractivity contribution in [3.63, 3.8) is 0 Å². The summed E-state index contributed by atoms with van der Waals surface area (Å²) < 4.78 is 11.1. The maximum absolute atomic E-state index is 14.0. The van der Waals surface area contributed by atoms with Gasteiger partial charge in [0.15, 0.2) is 0 Å². The monoisotopic (exact) mass is 580 g/mol. The second-order valence-corrected chi connectivity index (χ2v) is 13.5. The van der Waals surface area contributed by atoms with Gasteiger partial charge in [-0.25, -0.2) is 4.98 Å². The first kappa shape index (κ1) is 37.6. The number of hydrogen-bond donors (Lipinski definition) is 0. The fourth-order valence-corrected chi connectivity index (χ4v) is 6.64. The molecule has 0 aromatic carbocycles. The Morgan fingerprint density at radius 1 is 0.957 bits per heavy atom. The number of piperazine rings is 1. The lowest BCUT2D eigenvalue weighted by atomic mass is 9.07. The minimum atomic E-state index is -3.07. The second-order valence-electron chi connectivity index (χ2n) is 13.5. The van der Waals surface area contributed by atoms with E-state index in [0.29, 0.717) is 21.7 Å². The fourth-order valence-electron chi connectivity index (χ4n) is 6.64. The van der Waals surface area contributed by atoms with E-state index in [1.54, 1.807) is 0 Å². The Morgan fingerprint density at radius 3 is 1.96 bits per heavy atom. The maximum atomic E-state index is 14.0. The van der Waals surface area contributed by atoms with E-state index in [0.717, 1.165) is 17.7 Å². The normalized spacial score (nSPS) is 25.3. The summed E-state index contributed by atoms with van der Waals surface area (Å²) in [5, 5.41) is -6.39. The molecule has 1 aromatic rings. The van der Waals surface area contributed by atoms with Crippen molar-refractivity contribution >= 4 is 122 Å². The number of ether oxygens (including phenoxy) is 2. The Balaban J connectivity index is 2.19. The molecule has 1 aliphatic carbocycles. The maximum Gasteiger partial charge on any atom is 0.223 e. The van der Waals surface area contributed by atoms with Crippen LogP contribution in [0.3, 0.4) is 0 Å². The number of nitrogens with zero attached hydrogens (tertiary/aromatic N) is 4. The molecule has 0 N–H and O–H groups in total. The number of amides is 1. The van der Waals surface area contributed by atoms with Crippen LogP contribution in [-0.4, -0.2) is 166 Å². The van der Waals surface area contributed by atoms with Gasteiger partial charge in [0, 0.05) is 30.5 Å². The summed E-state index contributed by atoms with van der Waals surface area (Å²) in [5.74, 6) is -1.32. The highest BCUT2D eigenvalue weighted by Crippen LogP contribution is 2.68. The Labute approximate surface area is 291 Å². The summed E-state index contributed by atoms with van der Waals surface area (Å²) in [5.41, 5.74) is -1.98. The van der Waals surface area contributed by atoms with Crippen molar-refractivity contribution in [3.05, 3.63) is 22.4 Å². The lowest BCUT2D eigenvalue weighted by Crippen LogP contribution is -2.95. The molecule has 7 nitrogen and oxygen atoms in total. The topological polar surface area (TPSA) is 78.7 Å². The van der Waals surface area contributed by atoms with E-state index in [2.05, 4.69) is 6.07 Å². The van der Waals surface area contributed by atoms with Crippen LogP contribution in [0, 0.1) is 11.3 Å². The largest absolute Gasteiger partial charge is 0.384 e. The van der Waals surface area contributed by atoms with Gasteiger partial charge in [-0.05, 0) is 48.3 Å². The van der Waals surface area contributed by atoms with Gasteiger partial charge >= 0.3 is 0 Å². The molecule has 0 spiro atoms. The number of carbonyl (C=O) groups excluding carboxylic acids is 1. The summed E-state index contributed by atoms with van der Waals surface area (Å²) in [4.78, 5) is 20.1. The van der Waals surface area contributed by atoms with E-state index in [9.17, 15) is 10.1 Å². The minimum absolute atomic E-state index is 0.0110. The van der Waals surface area contributed by atoms with Crippen molar-refractivity contribution in [2.24, 2.45) is 0 Å². The molecule has 1 saturated heterocycles. The molecule has 1 amide bonds. The third-order valence-electron chi connectivity index (χ3n) is 9.37. The molecule has 21 heteroatoms. The number of aromatic nitrogens is 1. The van der Waals surface area contributed by atoms with Crippen molar-refractivity contribution in [2.75, 3.05) is 18.6 Å². The number of fused-ring (bicyclic) bond motifs is 1. The summed E-state index contributed by atoms with van der Waals surface area (Å²) in [6, 6.07) is 2.16. The van der Waals surface area contributed by atoms with Crippen LogP contribution >= 0.6 is 0 Å². The van der Waals surface area contributed by atoms with Crippen LogP contribution in [0.1, 0.15) is 61.4 Å². The summed E-state index contributed by atoms with van der Waals surface area (Å²) in [7, 11) is 93.1. The fraction of sp³-hybridized carbons (Fsp3) is 0.720. The van der Waals surface area contributed by atoms with E-state index >= 15 is 0 Å². The van der Waals surface area contributed by atoms with Crippen LogP contribution in [0.4, 0.5) is 5.82 Å². The Morgan fingerprint density at radius 2 is 1.50 bits per heavy atom. The van der Waals surface area contributed by atoms with E-state index < -0.39 is 54.9 Å². The molecule has 1 atom stereocenters. The lowest BCUT2D eigenvalue weighted by Gasteiger charge is -2.83. The van der Waals surface area contributed by atoms with Crippen LogP contribution in [0.25, 0.3) is 0 Å². The summed E-state index contributed by atoms with van der Waals surface area (Å²) in [6.45, 7) is 3.69. The first-order valence-corrected chi connectivity index (χ1v) is 14.5. The molecule has 46 heavy (non-hydrogen) atoms. The third-order valence-corrected chi connectivity index (χ3v) is 9.37. The predicted octanol–water partition coefficient (Wildman–Crippen LogP) is -3.31. The van der Waals surface area contributed by atoms with Crippen LogP contribution in [-0.2, 0) is 27.3 Å². The van der Waals surface area contributed by atoms with Crippen LogP contribution in [0.5, 0.6) is 0 Å². The molecule has 4 rings (SSSR count). The molecule has 0 bridgehead atoms. The standard InChI is InChI=1S/C25H22B14N4O3/c1-18(2)8-12-13(9-40)17(41-16(11-4-5-11)14(12)10-46-18)43-23(34,35)20(27,19(26,21(28,29)30)22(31,32)33)42(15(44)6-7-45-3)24(36,37)25(43,38)39/h11H,4-8,10H2,1-3H3. The van der Waals surface area contributed by atoms with E-state index in [1.807, 2.05) is 13.8 Å². The molecule has 1 saturated carbocycles. The highest BCUT2D eigenvalue weighted by atomic mass is 16.5. The first-order chi connectivity index (χ1) is 20.7. The number of carbonyl (C=O) groups is 1. The molecular formula is C25H22B14N4O3. The van der Waals surface area contributed by atoms with Gasteiger partial charge < -0.3 is 19.3 Å². The molecule has 1 unspecified atom stereocenters. The van der Waals surface area contributed by atoms with Gasteiger partial charge in [0.05, 0.1) is 138 Å².